The second kappa shape index (κ2) is 8.61. The molecule has 0 fully saturated rings. The number of nitrogens with one attached hydrogen (secondary N) is 1. The molecule has 0 saturated heterocycles. The molecular formula is C18H18N2O6. The van der Waals surface area contributed by atoms with Crippen LogP contribution in [0, 0.1) is 10.1 Å². The number of aldehydes is 1. The first-order valence-corrected chi connectivity index (χ1v) is 7.75. The lowest BCUT2D eigenvalue weighted by Crippen LogP contribution is -2.36. The Balaban J connectivity index is 1.97. The fraction of sp³-hybridized carbons (Fsp3) is 0.222. The SMILES string of the molecule is COc1ccc(CNC(=O)[C@H](C)Oc2ccc([N+](=O)[O-])cc2C=O)cc1. The molecule has 0 aliphatic heterocycles. The molecule has 0 saturated carbocycles. The molecule has 0 bridgehead atoms. The van der Waals surface area contributed by atoms with Crippen molar-refractivity contribution in [2.75, 3.05) is 7.11 Å². The Morgan fingerprint density at radius 3 is 2.54 bits per heavy atom. The molecule has 0 aliphatic rings. The molecule has 8 nitrogen and oxygen atoms in total. The summed E-state index contributed by atoms with van der Waals surface area (Å²) < 4.78 is 10.5. The maximum absolute atomic E-state index is 12.2. The van der Waals surface area contributed by atoms with Gasteiger partial charge in [-0.25, -0.2) is 0 Å². The van der Waals surface area contributed by atoms with Crippen molar-refractivity contribution < 1.29 is 24.0 Å². The van der Waals surface area contributed by atoms with Gasteiger partial charge in [-0.3, -0.25) is 19.7 Å². The molecule has 2 rings (SSSR count). The summed E-state index contributed by atoms with van der Waals surface area (Å²) in [6.45, 7) is 1.83. The molecule has 0 aromatic heterocycles. The fourth-order valence-corrected chi connectivity index (χ4v) is 2.17. The molecular weight excluding hydrogens is 340 g/mol. The van der Waals surface area contributed by atoms with E-state index in [1.807, 2.05) is 12.1 Å². The Kier molecular flexibility index (Phi) is 6.26. The number of nitrogens with zero attached hydrogens (tertiary/aromatic N) is 1. The van der Waals surface area contributed by atoms with Crippen LogP contribution in [0.15, 0.2) is 42.5 Å². The zero-order chi connectivity index (χ0) is 19.1. The van der Waals surface area contributed by atoms with E-state index in [9.17, 15) is 19.7 Å². The summed E-state index contributed by atoms with van der Waals surface area (Å²) in [5.41, 5.74) is 0.667. The summed E-state index contributed by atoms with van der Waals surface area (Å²) in [5.74, 6) is 0.449. The van der Waals surface area contributed by atoms with Crippen LogP contribution in [0.1, 0.15) is 22.8 Å². The second-order valence-electron chi connectivity index (χ2n) is 5.42. The van der Waals surface area contributed by atoms with Crippen LogP contribution in [0.25, 0.3) is 0 Å². The predicted molar refractivity (Wildman–Crippen MR) is 93.4 cm³/mol. The van der Waals surface area contributed by atoms with Crippen LogP contribution in [0.3, 0.4) is 0 Å². The van der Waals surface area contributed by atoms with Crippen LogP contribution in [-0.2, 0) is 11.3 Å². The molecule has 8 heteroatoms. The van der Waals surface area contributed by atoms with E-state index >= 15 is 0 Å². The van der Waals surface area contributed by atoms with Gasteiger partial charge < -0.3 is 14.8 Å². The molecule has 1 amide bonds. The fourth-order valence-electron chi connectivity index (χ4n) is 2.17. The minimum absolute atomic E-state index is 0.00834. The van der Waals surface area contributed by atoms with Crippen LogP contribution in [0.4, 0.5) is 5.69 Å². The Hall–Kier alpha value is -3.42. The van der Waals surface area contributed by atoms with E-state index in [4.69, 9.17) is 9.47 Å². The highest BCUT2D eigenvalue weighted by Crippen LogP contribution is 2.23. The van der Waals surface area contributed by atoms with Gasteiger partial charge in [0.15, 0.2) is 12.4 Å². The number of nitro groups is 1. The van der Waals surface area contributed by atoms with Crippen molar-refractivity contribution >= 4 is 17.9 Å². The first kappa shape index (κ1) is 18.9. The number of nitro benzene ring substituents is 1. The number of hydrogen-bond donors (Lipinski definition) is 1. The van der Waals surface area contributed by atoms with Crippen LogP contribution in [0.5, 0.6) is 11.5 Å². The van der Waals surface area contributed by atoms with E-state index in [1.165, 1.54) is 19.1 Å². The number of carbonyl (C=O) groups is 2. The van der Waals surface area contributed by atoms with Crippen molar-refractivity contribution in [1.29, 1.82) is 0 Å². The van der Waals surface area contributed by atoms with Crippen molar-refractivity contribution in [3.63, 3.8) is 0 Å². The van der Waals surface area contributed by atoms with Gasteiger partial charge in [0.25, 0.3) is 11.6 Å². The van der Waals surface area contributed by atoms with Crippen molar-refractivity contribution in [2.45, 2.75) is 19.6 Å². The lowest BCUT2D eigenvalue weighted by molar-refractivity contribution is -0.384. The van der Waals surface area contributed by atoms with E-state index in [1.54, 1.807) is 19.2 Å². The zero-order valence-corrected chi connectivity index (χ0v) is 14.3. The van der Waals surface area contributed by atoms with Gasteiger partial charge in [0, 0.05) is 18.7 Å². The third-order valence-electron chi connectivity index (χ3n) is 3.63. The largest absolute Gasteiger partial charge is 0.497 e. The molecule has 26 heavy (non-hydrogen) atoms. The molecule has 2 aromatic carbocycles. The van der Waals surface area contributed by atoms with Crippen molar-refractivity contribution in [3.8, 4) is 11.5 Å². The normalized spacial score (nSPS) is 11.3. The van der Waals surface area contributed by atoms with Gasteiger partial charge in [-0.1, -0.05) is 12.1 Å². The number of carbonyl (C=O) groups excluding carboxylic acids is 2. The lowest BCUT2D eigenvalue weighted by Gasteiger charge is -2.16. The average molecular weight is 358 g/mol. The Morgan fingerprint density at radius 1 is 1.27 bits per heavy atom. The van der Waals surface area contributed by atoms with E-state index < -0.39 is 11.0 Å². The minimum Gasteiger partial charge on any atom is -0.497 e. The summed E-state index contributed by atoms with van der Waals surface area (Å²) in [6.07, 6.45) is -0.432. The summed E-state index contributed by atoms with van der Waals surface area (Å²) >= 11 is 0. The van der Waals surface area contributed by atoms with E-state index in [0.29, 0.717) is 12.8 Å². The lowest BCUT2D eigenvalue weighted by atomic mass is 10.2. The number of hydrogen-bond acceptors (Lipinski definition) is 6. The van der Waals surface area contributed by atoms with Crippen LogP contribution in [0.2, 0.25) is 0 Å². The monoisotopic (exact) mass is 358 g/mol. The standard InChI is InChI=1S/C18H18N2O6/c1-12(18(22)19-10-13-3-6-16(25-2)7-4-13)26-17-8-5-15(20(23)24)9-14(17)11-21/h3-9,11-12H,10H2,1-2H3,(H,19,22)/t12-/m0/s1. The first-order chi connectivity index (χ1) is 12.4. The van der Waals surface area contributed by atoms with Crippen molar-refractivity contribution in [1.82, 2.24) is 5.32 Å². The topological polar surface area (TPSA) is 108 Å². The molecule has 2 aromatic rings. The van der Waals surface area contributed by atoms with Gasteiger partial charge in [0.2, 0.25) is 0 Å². The summed E-state index contributed by atoms with van der Waals surface area (Å²) in [4.78, 5) is 33.4. The third-order valence-corrected chi connectivity index (χ3v) is 3.63. The van der Waals surface area contributed by atoms with E-state index in [-0.39, 0.29) is 22.9 Å². The summed E-state index contributed by atoms with van der Waals surface area (Å²) in [7, 11) is 1.57. The van der Waals surface area contributed by atoms with Gasteiger partial charge in [0.1, 0.15) is 11.5 Å². The second-order valence-corrected chi connectivity index (χ2v) is 5.42. The van der Waals surface area contributed by atoms with Crippen LogP contribution >= 0.6 is 0 Å². The maximum atomic E-state index is 12.2. The molecule has 1 N–H and O–H groups in total. The summed E-state index contributed by atoms with van der Waals surface area (Å²) in [6, 6.07) is 10.8. The number of methoxy groups -OCH3 is 1. The third kappa shape index (κ3) is 4.79. The number of rotatable bonds is 8. The smallest absolute Gasteiger partial charge is 0.270 e. The van der Waals surface area contributed by atoms with E-state index in [0.717, 1.165) is 17.4 Å². The van der Waals surface area contributed by atoms with Crippen LogP contribution < -0.4 is 14.8 Å². The van der Waals surface area contributed by atoms with Gasteiger partial charge in [-0.15, -0.1) is 0 Å². The molecule has 0 radical (unpaired) electrons. The molecule has 0 unspecified atom stereocenters. The Bertz CT molecular complexity index is 804. The molecule has 0 spiro atoms. The number of benzene rings is 2. The van der Waals surface area contributed by atoms with Gasteiger partial charge in [-0.2, -0.15) is 0 Å². The molecule has 136 valence electrons. The predicted octanol–water partition coefficient (Wildman–Crippen LogP) is 2.50. The van der Waals surface area contributed by atoms with Crippen molar-refractivity contribution in [2.24, 2.45) is 0 Å². The van der Waals surface area contributed by atoms with Gasteiger partial charge >= 0.3 is 0 Å². The quantitative estimate of drug-likeness (QED) is 0.441. The Labute approximate surface area is 149 Å². The molecule has 0 aliphatic carbocycles. The highest BCUT2D eigenvalue weighted by molar-refractivity contribution is 5.83. The highest BCUT2D eigenvalue weighted by atomic mass is 16.6. The maximum Gasteiger partial charge on any atom is 0.270 e. The summed E-state index contributed by atoms with van der Waals surface area (Å²) in [5, 5.41) is 13.5. The molecule has 0 heterocycles. The van der Waals surface area contributed by atoms with Gasteiger partial charge in [0.05, 0.1) is 17.6 Å². The molecule has 1 atom stereocenters. The minimum atomic E-state index is -0.881. The number of non-ortho nitro benzene ring substituents is 1. The zero-order valence-electron chi connectivity index (χ0n) is 14.3. The van der Waals surface area contributed by atoms with Gasteiger partial charge in [-0.05, 0) is 30.7 Å². The number of amides is 1. The highest BCUT2D eigenvalue weighted by Gasteiger charge is 2.18. The first-order valence-electron chi connectivity index (χ1n) is 7.75. The number of ether oxygens (including phenoxy) is 2. The van der Waals surface area contributed by atoms with E-state index in [2.05, 4.69) is 5.32 Å². The van der Waals surface area contributed by atoms with Crippen LogP contribution in [-0.4, -0.2) is 30.3 Å². The Morgan fingerprint density at radius 2 is 1.96 bits per heavy atom. The van der Waals surface area contributed by atoms with Crippen molar-refractivity contribution in [3.05, 3.63) is 63.7 Å². The average Bonchev–Trinajstić information content (AvgIpc) is 2.66.